The number of hydrogen-bond acceptors (Lipinski definition) is 4. The molecule has 0 aromatic heterocycles. The summed E-state index contributed by atoms with van der Waals surface area (Å²) in [6.07, 6.45) is 0.654. The third-order valence-electron chi connectivity index (χ3n) is 5.59. The molecule has 0 bridgehead atoms. The molecule has 3 aromatic rings. The zero-order chi connectivity index (χ0) is 24.1. The second kappa shape index (κ2) is 10.6. The van der Waals surface area contributed by atoms with Crippen LogP contribution >= 0.6 is 0 Å². The largest absolute Gasteiger partial charge is 0.243 e. The van der Waals surface area contributed by atoms with Crippen molar-refractivity contribution in [2.24, 2.45) is 0 Å². The van der Waals surface area contributed by atoms with Crippen LogP contribution in [0.15, 0.2) is 88.7 Å². The average Bonchev–Trinajstić information content (AvgIpc) is 2.82. The molecule has 0 heterocycles. The summed E-state index contributed by atoms with van der Waals surface area (Å²) in [7, 11) is -7.59. The molecule has 1 atom stereocenters. The van der Waals surface area contributed by atoms with Gasteiger partial charge in [-0.3, -0.25) is 0 Å². The minimum Gasteiger partial charge on any atom is -0.207 e. The van der Waals surface area contributed by atoms with Crippen molar-refractivity contribution < 1.29 is 16.8 Å². The predicted molar refractivity (Wildman–Crippen MR) is 131 cm³/mol. The molecule has 8 heteroatoms. The van der Waals surface area contributed by atoms with Gasteiger partial charge in [0.25, 0.3) is 0 Å². The van der Waals surface area contributed by atoms with Crippen molar-refractivity contribution >= 4 is 20.0 Å². The van der Waals surface area contributed by atoms with Crippen LogP contribution in [-0.4, -0.2) is 27.2 Å². The summed E-state index contributed by atoms with van der Waals surface area (Å²) in [5.74, 6) is 0. The van der Waals surface area contributed by atoms with E-state index >= 15 is 0 Å². The summed E-state index contributed by atoms with van der Waals surface area (Å²) in [5.41, 5.74) is 2.84. The van der Waals surface area contributed by atoms with Gasteiger partial charge in [0, 0.05) is 19.1 Å². The minimum absolute atomic E-state index is 0.0194. The highest BCUT2D eigenvalue weighted by atomic mass is 32.2. The van der Waals surface area contributed by atoms with Crippen LogP contribution in [0, 0.1) is 6.92 Å². The van der Waals surface area contributed by atoms with Crippen LogP contribution in [0.1, 0.15) is 37.0 Å². The maximum absolute atomic E-state index is 13.4. The van der Waals surface area contributed by atoms with Crippen molar-refractivity contribution in [3.63, 3.8) is 0 Å². The first-order chi connectivity index (χ1) is 15.6. The Balaban J connectivity index is 1.82. The van der Waals surface area contributed by atoms with E-state index in [1.165, 1.54) is 28.6 Å². The number of nitrogens with zero attached hydrogens (tertiary/aromatic N) is 1. The fourth-order valence-electron chi connectivity index (χ4n) is 3.34. The molecule has 3 rings (SSSR count). The summed E-state index contributed by atoms with van der Waals surface area (Å²) in [4.78, 5) is 0.0860. The van der Waals surface area contributed by atoms with Gasteiger partial charge in [0.1, 0.15) is 0 Å². The molecule has 0 unspecified atom stereocenters. The van der Waals surface area contributed by atoms with Gasteiger partial charge in [0.05, 0.1) is 9.79 Å². The average molecular weight is 487 g/mol. The molecule has 0 amide bonds. The topological polar surface area (TPSA) is 83.6 Å². The maximum Gasteiger partial charge on any atom is 0.243 e. The van der Waals surface area contributed by atoms with E-state index in [9.17, 15) is 16.8 Å². The highest BCUT2D eigenvalue weighted by Crippen LogP contribution is 2.24. The molecule has 0 fully saturated rings. The fourth-order valence-corrected chi connectivity index (χ4v) is 6.05. The number of benzene rings is 3. The van der Waals surface area contributed by atoms with Crippen molar-refractivity contribution in [1.82, 2.24) is 9.03 Å². The number of nitrogens with one attached hydrogen (secondary N) is 1. The van der Waals surface area contributed by atoms with Crippen LogP contribution in [0.4, 0.5) is 0 Å². The molecule has 33 heavy (non-hydrogen) atoms. The molecule has 0 aliphatic heterocycles. The van der Waals surface area contributed by atoms with E-state index in [1.807, 2.05) is 75.4 Å². The van der Waals surface area contributed by atoms with Crippen molar-refractivity contribution in [3.05, 3.63) is 95.6 Å². The Bertz CT molecular complexity index is 1260. The van der Waals surface area contributed by atoms with Gasteiger partial charge in [0.15, 0.2) is 0 Å². The van der Waals surface area contributed by atoms with Gasteiger partial charge in [-0.05, 0) is 55.7 Å². The molecule has 0 saturated heterocycles. The lowest BCUT2D eigenvalue weighted by Gasteiger charge is -2.28. The Morgan fingerprint density at radius 2 is 1.36 bits per heavy atom. The molecule has 0 radical (unpaired) electrons. The number of rotatable bonds is 10. The zero-order valence-electron chi connectivity index (χ0n) is 19.1. The zero-order valence-corrected chi connectivity index (χ0v) is 20.7. The normalized spacial score (nSPS) is 13.2. The Morgan fingerprint density at radius 1 is 0.788 bits per heavy atom. The minimum atomic E-state index is -3.82. The van der Waals surface area contributed by atoms with Crippen LogP contribution in [0.3, 0.4) is 0 Å². The number of hydrogen-bond donors (Lipinski definition) is 1. The Kier molecular flexibility index (Phi) is 8.07. The van der Waals surface area contributed by atoms with E-state index < -0.39 is 20.0 Å². The number of aryl methyl sites for hydroxylation is 1. The standard InChI is InChI=1S/C25H30N2O4S2/c1-4-21(3)27(19-23-12-10-20(2)11-13-23)33(30,31)25-16-14-24(15-17-25)32(28,29)26-18-22-8-6-5-7-9-22/h5-17,21,26H,4,18-19H2,1-3H3/t21-/m1/s1. The quantitative estimate of drug-likeness (QED) is 0.459. The second-order valence-electron chi connectivity index (χ2n) is 8.07. The third-order valence-corrected chi connectivity index (χ3v) is 8.98. The lowest BCUT2D eigenvalue weighted by molar-refractivity contribution is 0.323. The van der Waals surface area contributed by atoms with Crippen molar-refractivity contribution in [3.8, 4) is 0 Å². The summed E-state index contributed by atoms with van der Waals surface area (Å²) < 4.78 is 56.2. The van der Waals surface area contributed by atoms with Gasteiger partial charge in [0.2, 0.25) is 20.0 Å². The predicted octanol–water partition coefficient (Wildman–Crippen LogP) is 4.46. The van der Waals surface area contributed by atoms with Gasteiger partial charge in [-0.2, -0.15) is 4.31 Å². The first-order valence-electron chi connectivity index (χ1n) is 10.8. The molecular weight excluding hydrogens is 456 g/mol. The first-order valence-corrected chi connectivity index (χ1v) is 13.8. The van der Waals surface area contributed by atoms with Crippen molar-refractivity contribution in [1.29, 1.82) is 0 Å². The molecule has 6 nitrogen and oxygen atoms in total. The van der Waals surface area contributed by atoms with Crippen LogP contribution in [0.5, 0.6) is 0 Å². The SMILES string of the molecule is CC[C@@H](C)N(Cc1ccc(C)cc1)S(=O)(=O)c1ccc(S(=O)(=O)NCc2ccccc2)cc1. The Morgan fingerprint density at radius 3 is 1.94 bits per heavy atom. The van der Waals surface area contributed by atoms with Crippen LogP contribution < -0.4 is 4.72 Å². The van der Waals surface area contributed by atoms with E-state index in [1.54, 1.807) is 0 Å². The second-order valence-corrected chi connectivity index (χ2v) is 11.7. The molecule has 176 valence electrons. The van der Waals surface area contributed by atoms with Crippen LogP contribution in [0.25, 0.3) is 0 Å². The fraction of sp³-hybridized carbons (Fsp3) is 0.280. The smallest absolute Gasteiger partial charge is 0.207 e. The molecule has 0 saturated carbocycles. The molecule has 0 aliphatic rings. The van der Waals surface area contributed by atoms with E-state index in [2.05, 4.69) is 4.72 Å². The lowest BCUT2D eigenvalue weighted by Crippen LogP contribution is -2.37. The molecule has 0 aliphatic carbocycles. The number of sulfonamides is 2. The van der Waals surface area contributed by atoms with Crippen LogP contribution in [-0.2, 0) is 33.1 Å². The van der Waals surface area contributed by atoms with E-state index in [0.29, 0.717) is 6.42 Å². The van der Waals surface area contributed by atoms with Gasteiger partial charge in [-0.1, -0.05) is 67.1 Å². The van der Waals surface area contributed by atoms with Crippen LogP contribution in [0.2, 0.25) is 0 Å². The summed E-state index contributed by atoms with van der Waals surface area (Å²) in [6.45, 7) is 6.20. The van der Waals surface area contributed by atoms with Gasteiger partial charge in [-0.25, -0.2) is 21.6 Å². The van der Waals surface area contributed by atoms with Crippen molar-refractivity contribution in [2.45, 2.75) is 56.1 Å². The van der Waals surface area contributed by atoms with E-state index in [-0.39, 0.29) is 28.9 Å². The van der Waals surface area contributed by atoms with Gasteiger partial charge >= 0.3 is 0 Å². The van der Waals surface area contributed by atoms with Gasteiger partial charge < -0.3 is 0 Å². The molecule has 3 aromatic carbocycles. The third kappa shape index (κ3) is 6.29. The summed E-state index contributed by atoms with van der Waals surface area (Å²) in [6, 6.07) is 22.1. The summed E-state index contributed by atoms with van der Waals surface area (Å²) in [5, 5.41) is 0. The first kappa shape index (κ1) is 25.1. The monoisotopic (exact) mass is 486 g/mol. The highest BCUT2D eigenvalue weighted by molar-refractivity contribution is 7.89. The lowest BCUT2D eigenvalue weighted by atomic mass is 10.1. The molecular formula is C25H30N2O4S2. The summed E-state index contributed by atoms with van der Waals surface area (Å²) >= 11 is 0. The van der Waals surface area contributed by atoms with Gasteiger partial charge in [-0.15, -0.1) is 0 Å². The molecule has 0 spiro atoms. The van der Waals surface area contributed by atoms with E-state index in [0.717, 1.165) is 16.7 Å². The highest BCUT2D eigenvalue weighted by Gasteiger charge is 2.29. The maximum atomic E-state index is 13.4. The molecule has 1 N–H and O–H groups in total. The van der Waals surface area contributed by atoms with E-state index in [4.69, 9.17) is 0 Å². The Labute approximate surface area is 197 Å². The van der Waals surface area contributed by atoms with Crippen molar-refractivity contribution in [2.75, 3.05) is 0 Å². The Hall–Kier alpha value is -2.52.